The Morgan fingerprint density at radius 2 is 1.65 bits per heavy atom. The van der Waals surface area contributed by atoms with Crippen molar-refractivity contribution < 1.29 is 18.1 Å². The molecule has 0 unspecified atom stereocenters. The Bertz CT molecular complexity index is 598. The quantitative estimate of drug-likeness (QED) is 0.521. The van der Waals surface area contributed by atoms with Gasteiger partial charge in [-0.1, -0.05) is 0 Å². The number of rotatable bonds is 1. The van der Waals surface area contributed by atoms with Gasteiger partial charge in [-0.15, -0.1) is 0 Å². The summed E-state index contributed by atoms with van der Waals surface area (Å²) in [4.78, 5) is 31.5. The number of nitrogens with zero attached hydrogens (tertiary/aromatic N) is 3. The van der Waals surface area contributed by atoms with Gasteiger partial charge in [0.15, 0.2) is 0 Å². The molecule has 0 N–H and O–H groups in total. The van der Waals surface area contributed by atoms with Crippen LogP contribution in [0.2, 0.25) is 0 Å². The highest BCUT2D eigenvalue weighted by Crippen LogP contribution is 2.32. The van der Waals surface area contributed by atoms with Crippen LogP contribution < -0.4 is 11.2 Å². The predicted octanol–water partition coefficient (Wildman–Crippen LogP) is 0.0110. The van der Waals surface area contributed by atoms with E-state index in [1.807, 2.05) is 0 Å². The van der Waals surface area contributed by atoms with Crippen LogP contribution in [0.4, 0.5) is 18.9 Å². The summed E-state index contributed by atoms with van der Waals surface area (Å²) in [5.41, 5.74) is -6.41. The molecule has 1 heterocycles. The van der Waals surface area contributed by atoms with E-state index in [1.165, 1.54) is 0 Å². The summed E-state index contributed by atoms with van der Waals surface area (Å²) in [6, 6.07) is 0. The molecule has 1 aromatic rings. The molecule has 0 aromatic carbocycles. The third kappa shape index (κ3) is 1.92. The summed E-state index contributed by atoms with van der Waals surface area (Å²) >= 11 is 0. The maximum Gasteiger partial charge on any atom is 0.438 e. The highest BCUT2D eigenvalue weighted by Gasteiger charge is 2.44. The minimum absolute atomic E-state index is 0.0273. The van der Waals surface area contributed by atoms with Crippen LogP contribution in [0.3, 0.4) is 0 Å². The fraction of sp³-hybridized carbons (Fsp3) is 0.429. The molecule has 0 aliphatic carbocycles. The van der Waals surface area contributed by atoms with Gasteiger partial charge in [-0.05, 0) is 0 Å². The Morgan fingerprint density at radius 3 is 2.00 bits per heavy atom. The minimum atomic E-state index is -5.16. The van der Waals surface area contributed by atoms with E-state index in [1.54, 1.807) is 0 Å². The molecule has 0 bridgehead atoms. The molecule has 0 atom stereocenters. The zero-order valence-electron chi connectivity index (χ0n) is 8.61. The van der Waals surface area contributed by atoms with Crippen molar-refractivity contribution in [3.63, 3.8) is 0 Å². The van der Waals surface area contributed by atoms with Crippen molar-refractivity contribution in [1.82, 2.24) is 9.13 Å². The van der Waals surface area contributed by atoms with E-state index in [0.717, 1.165) is 7.05 Å². The monoisotopic (exact) mass is 253 g/mol. The lowest BCUT2D eigenvalue weighted by molar-refractivity contribution is -0.390. The highest BCUT2D eigenvalue weighted by molar-refractivity contribution is 5.35. The zero-order chi connectivity index (χ0) is 13.5. The van der Waals surface area contributed by atoms with Crippen LogP contribution in [0, 0.1) is 10.1 Å². The Morgan fingerprint density at radius 1 is 1.18 bits per heavy atom. The average molecular weight is 253 g/mol. The van der Waals surface area contributed by atoms with Gasteiger partial charge in [-0.25, -0.2) is 4.79 Å². The summed E-state index contributed by atoms with van der Waals surface area (Å²) in [5, 5.41) is 10.5. The Kier molecular flexibility index (Phi) is 2.83. The van der Waals surface area contributed by atoms with Crippen LogP contribution in [0.1, 0.15) is 5.69 Å². The summed E-state index contributed by atoms with van der Waals surface area (Å²) < 4.78 is 37.9. The molecule has 0 spiro atoms. The van der Waals surface area contributed by atoms with E-state index in [2.05, 4.69) is 0 Å². The lowest BCUT2D eigenvalue weighted by Crippen LogP contribution is -2.41. The summed E-state index contributed by atoms with van der Waals surface area (Å²) in [6.45, 7) is 0. The lowest BCUT2D eigenvalue weighted by Gasteiger charge is -2.12. The second-order valence-electron chi connectivity index (χ2n) is 3.16. The van der Waals surface area contributed by atoms with Crippen LogP contribution >= 0.6 is 0 Å². The van der Waals surface area contributed by atoms with Crippen molar-refractivity contribution in [3.8, 4) is 0 Å². The van der Waals surface area contributed by atoms with E-state index >= 15 is 0 Å². The SMILES string of the molecule is Cn1c(C(F)(F)F)c([N+](=O)[O-])c(=O)n(C)c1=O. The molecule has 94 valence electrons. The van der Waals surface area contributed by atoms with E-state index in [4.69, 9.17) is 0 Å². The predicted molar refractivity (Wildman–Crippen MR) is 48.6 cm³/mol. The largest absolute Gasteiger partial charge is 0.438 e. The maximum atomic E-state index is 12.5. The van der Waals surface area contributed by atoms with Crippen LogP contribution in [0.15, 0.2) is 9.59 Å². The average Bonchev–Trinajstić information content (AvgIpc) is 2.17. The molecule has 0 amide bonds. The van der Waals surface area contributed by atoms with Crippen LogP contribution in [-0.2, 0) is 20.3 Å². The molecular weight excluding hydrogens is 247 g/mol. The van der Waals surface area contributed by atoms with Gasteiger partial charge in [0.2, 0.25) is 5.69 Å². The molecule has 7 nitrogen and oxygen atoms in total. The normalized spacial score (nSPS) is 11.6. The molecule has 0 fully saturated rings. The number of nitro groups is 1. The first kappa shape index (κ1) is 12.9. The van der Waals surface area contributed by atoms with E-state index in [9.17, 15) is 32.9 Å². The van der Waals surface area contributed by atoms with Crippen LogP contribution in [-0.4, -0.2) is 14.1 Å². The first-order chi connectivity index (χ1) is 7.59. The molecule has 1 rings (SSSR count). The Balaban J connectivity index is 4.00. The summed E-state index contributed by atoms with van der Waals surface area (Å²) in [6.07, 6.45) is -5.16. The Labute approximate surface area is 90.9 Å². The number of alkyl halides is 3. The van der Waals surface area contributed by atoms with Gasteiger partial charge in [0.1, 0.15) is 0 Å². The molecule has 0 saturated carbocycles. The fourth-order valence-corrected chi connectivity index (χ4v) is 1.32. The molecule has 10 heteroatoms. The van der Waals surface area contributed by atoms with Gasteiger partial charge in [-0.3, -0.25) is 24.0 Å². The first-order valence-electron chi connectivity index (χ1n) is 4.10. The Hall–Kier alpha value is -2.13. The standard InChI is InChI=1S/C7H6F3N3O4/c1-11-4(7(8,9)10)3(13(16)17)5(14)12(2)6(11)15/h1-2H3. The fourth-order valence-electron chi connectivity index (χ4n) is 1.32. The molecule has 0 radical (unpaired) electrons. The molecule has 0 aliphatic heterocycles. The van der Waals surface area contributed by atoms with Crippen molar-refractivity contribution in [2.24, 2.45) is 14.1 Å². The summed E-state index contributed by atoms with van der Waals surface area (Å²) in [7, 11) is 1.56. The zero-order valence-corrected chi connectivity index (χ0v) is 8.61. The second kappa shape index (κ2) is 3.71. The third-order valence-electron chi connectivity index (χ3n) is 2.09. The van der Waals surface area contributed by atoms with Gasteiger partial charge < -0.3 is 0 Å². The van der Waals surface area contributed by atoms with E-state index in [0.29, 0.717) is 7.05 Å². The number of halogens is 3. The molecule has 0 aliphatic rings. The van der Waals surface area contributed by atoms with Crippen LogP contribution in [0.5, 0.6) is 0 Å². The number of hydrogen-bond acceptors (Lipinski definition) is 4. The van der Waals surface area contributed by atoms with Gasteiger partial charge in [-0.2, -0.15) is 13.2 Å². The van der Waals surface area contributed by atoms with Gasteiger partial charge >= 0.3 is 23.1 Å². The van der Waals surface area contributed by atoms with E-state index < -0.39 is 33.7 Å². The van der Waals surface area contributed by atoms with Crippen molar-refractivity contribution in [3.05, 3.63) is 36.6 Å². The highest BCUT2D eigenvalue weighted by atomic mass is 19.4. The third-order valence-corrected chi connectivity index (χ3v) is 2.09. The molecule has 17 heavy (non-hydrogen) atoms. The maximum absolute atomic E-state index is 12.5. The van der Waals surface area contributed by atoms with Gasteiger partial charge in [0, 0.05) is 14.1 Å². The lowest BCUT2D eigenvalue weighted by atomic mass is 10.3. The van der Waals surface area contributed by atoms with Gasteiger partial charge in [0.05, 0.1) is 4.92 Å². The molecule has 1 aromatic heterocycles. The number of aromatic nitrogens is 2. The number of hydrogen-bond donors (Lipinski definition) is 0. The minimum Gasteiger partial charge on any atom is -0.286 e. The molecule has 0 saturated heterocycles. The van der Waals surface area contributed by atoms with Crippen LogP contribution in [0.25, 0.3) is 0 Å². The van der Waals surface area contributed by atoms with Crippen molar-refractivity contribution in [1.29, 1.82) is 0 Å². The van der Waals surface area contributed by atoms with Crippen molar-refractivity contribution in [2.45, 2.75) is 6.18 Å². The molecular formula is C7H6F3N3O4. The van der Waals surface area contributed by atoms with Crippen molar-refractivity contribution in [2.75, 3.05) is 0 Å². The van der Waals surface area contributed by atoms with E-state index in [-0.39, 0.29) is 9.13 Å². The topological polar surface area (TPSA) is 87.1 Å². The first-order valence-corrected chi connectivity index (χ1v) is 4.10. The smallest absolute Gasteiger partial charge is 0.286 e. The van der Waals surface area contributed by atoms with Gasteiger partial charge in [0.25, 0.3) is 0 Å². The summed E-state index contributed by atoms with van der Waals surface area (Å²) in [5.74, 6) is 0. The van der Waals surface area contributed by atoms with Crippen molar-refractivity contribution >= 4 is 5.69 Å². The second-order valence-corrected chi connectivity index (χ2v) is 3.16.